The highest BCUT2D eigenvalue weighted by atomic mass is 127. The molecule has 214 valence electrons. The number of methoxy groups -OCH3 is 1. The molecule has 0 bridgehead atoms. The van der Waals surface area contributed by atoms with Gasteiger partial charge in [-0.1, -0.05) is 18.2 Å². The number of rotatable bonds is 13. The number of allylic oxidation sites excluding steroid dienone is 1. The number of carbonyl (C=O) groups excluding carboxylic acids is 3. The zero-order valence-electron chi connectivity index (χ0n) is 22.0. The Kier molecular flexibility index (Phi) is 11.6. The van der Waals surface area contributed by atoms with E-state index in [0.29, 0.717) is 27.4 Å². The molecule has 2 aromatic carbocycles. The molecule has 1 aliphatic rings. The minimum atomic E-state index is -1.27. The highest BCUT2D eigenvalue weighted by molar-refractivity contribution is 14.1. The van der Waals surface area contributed by atoms with Gasteiger partial charge in [-0.05, 0) is 64.9 Å². The number of aliphatic hydroxyl groups excluding tert-OH is 2. The van der Waals surface area contributed by atoms with Gasteiger partial charge in [0.1, 0.15) is 24.3 Å². The van der Waals surface area contributed by atoms with E-state index >= 15 is 0 Å². The predicted octanol–water partition coefficient (Wildman–Crippen LogP) is 3.16. The first-order chi connectivity index (χ1) is 19.2. The standard InChI is InChI=1S/C29H32FIN2O7/c1-3-4-5-26(36)33(16-18-6-8-21(30)9-7-18)23-14-20(29(38)32-10-11-34)15-24(27(23)37)40-28-22(31)12-19(17-35)13-25(28)39-2/h3,6-9,12-13,15,17,23-24,27,34,37H,1,4-5,10-11,14,16H2,2H3,(H,32,38). The predicted molar refractivity (Wildman–Crippen MR) is 154 cm³/mol. The first-order valence-corrected chi connectivity index (χ1v) is 13.7. The van der Waals surface area contributed by atoms with Crippen molar-refractivity contribution in [3.05, 3.63) is 81.2 Å². The topological polar surface area (TPSA) is 125 Å². The van der Waals surface area contributed by atoms with Gasteiger partial charge in [0.05, 0.1) is 23.3 Å². The SMILES string of the molecule is C=CCCC(=O)N(Cc1ccc(F)cc1)C1CC(C(=O)NCCO)=CC(Oc2c(I)cc(C=O)cc2OC)C1O. The molecule has 0 aromatic heterocycles. The van der Waals surface area contributed by atoms with Crippen molar-refractivity contribution in [3.63, 3.8) is 0 Å². The number of amides is 2. The number of benzene rings is 2. The largest absolute Gasteiger partial charge is 0.493 e. The van der Waals surface area contributed by atoms with Crippen molar-refractivity contribution >= 4 is 40.7 Å². The van der Waals surface area contributed by atoms with Crippen molar-refractivity contribution in [2.24, 2.45) is 0 Å². The Balaban J connectivity index is 2.04. The van der Waals surface area contributed by atoms with Crippen molar-refractivity contribution in [1.29, 1.82) is 0 Å². The van der Waals surface area contributed by atoms with Gasteiger partial charge in [-0.15, -0.1) is 6.58 Å². The monoisotopic (exact) mass is 666 g/mol. The van der Waals surface area contributed by atoms with Crippen molar-refractivity contribution in [1.82, 2.24) is 10.2 Å². The van der Waals surface area contributed by atoms with E-state index in [9.17, 15) is 29.0 Å². The lowest BCUT2D eigenvalue weighted by molar-refractivity contribution is -0.139. The number of hydrogen-bond donors (Lipinski definition) is 3. The Morgan fingerprint density at radius 3 is 2.62 bits per heavy atom. The highest BCUT2D eigenvalue weighted by Gasteiger charge is 2.40. The Morgan fingerprint density at radius 2 is 2.00 bits per heavy atom. The average molecular weight is 666 g/mol. The number of nitrogens with one attached hydrogen (secondary N) is 1. The fraction of sp³-hybridized carbons (Fsp3) is 0.345. The Bertz CT molecular complexity index is 1250. The first-order valence-electron chi connectivity index (χ1n) is 12.6. The Hall–Kier alpha value is -3.29. The van der Waals surface area contributed by atoms with Gasteiger partial charge in [-0.25, -0.2) is 4.39 Å². The summed E-state index contributed by atoms with van der Waals surface area (Å²) in [6, 6.07) is 7.89. The van der Waals surface area contributed by atoms with E-state index in [1.165, 1.54) is 36.3 Å². The smallest absolute Gasteiger partial charge is 0.247 e. The number of aliphatic hydroxyl groups is 2. The Labute approximate surface area is 245 Å². The molecule has 1 aliphatic carbocycles. The number of nitrogens with zero attached hydrogens (tertiary/aromatic N) is 1. The molecule has 3 N–H and O–H groups in total. The van der Waals surface area contributed by atoms with Crippen LogP contribution in [-0.2, 0) is 16.1 Å². The third kappa shape index (κ3) is 7.89. The van der Waals surface area contributed by atoms with E-state index in [-0.39, 0.29) is 55.5 Å². The summed E-state index contributed by atoms with van der Waals surface area (Å²) in [4.78, 5) is 39.2. The van der Waals surface area contributed by atoms with Crippen LogP contribution < -0.4 is 14.8 Å². The minimum Gasteiger partial charge on any atom is -0.493 e. The van der Waals surface area contributed by atoms with Crippen LogP contribution in [0.25, 0.3) is 0 Å². The number of hydrogen-bond acceptors (Lipinski definition) is 7. The van der Waals surface area contributed by atoms with Crippen LogP contribution in [0.3, 0.4) is 0 Å². The fourth-order valence-corrected chi connectivity index (χ4v) is 5.14. The summed E-state index contributed by atoms with van der Waals surface area (Å²) in [5.41, 5.74) is 1.26. The van der Waals surface area contributed by atoms with Gasteiger partial charge < -0.3 is 29.9 Å². The fourth-order valence-electron chi connectivity index (χ4n) is 4.38. The molecule has 3 rings (SSSR count). The Morgan fingerprint density at radius 1 is 1.27 bits per heavy atom. The number of halogens is 2. The van der Waals surface area contributed by atoms with E-state index in [2.05, 4.69) is 11.9 Å². The molecule has 2 amide bonds. The second-order valence-electron chi connectivity index (χ2n) is 9.14. The van der Waals surface area contributed by atoms with Crippen molar-refractivity contribution in [2.75, 3.05) is 20.3 Å². The van der Waals surface area contributed by atoms with Crippen LogP contribution in [0.4, 0.5) is 4.39 Å². The number of aldehydes is 1. The van der Waals surface area contributed by atoms with Crippen LogP contribution >= 0.6 is 22.6 Å². The zero-order valence-corrected chi connectivity index (χ0v) is 24.2. The maximum absolute atomic E-state index is 13.6. The molecular formula is C29H32FIN2O7. The molecule has 9 nitrogen and oxygen atoms in total. The lowest BCUT2D eigenvalue weighted by Gasteiger charge is -2.40. The van der Waals surface area contributed by atoms with Crippen molar-refractivity contribution in [2.45, 2.75) is 44.1 Å². The lowest BCUT2D eigenvalue weighted by Crippen LogP contribution is -2.54. The van der Waals surface area contributed by atoms with Gasteiger partial charge in [-0.2, -0.15) is 0 Å². The van der Waals surface area contributed by atoms with Crippen LogP contribution in [-0.4, -0.2) is 71.7 Å². The maximum Gasteiger partial charge on any atom is 0.247 e. The molecule has 11 heteroatoms. The zero-order chi connectivity index (χ0) is 29.2. The summed E-state index contributed by atoms with van der Waals surface area (Å²) in [5.74, 6) is -0.667. The second-order valence-corrected chi connectivity index (χ2v) is 10.3. The minimum absolute atomic E-state index is 0.0115. The molecular weight excluding hydrogens is 634 g/mol. The normalized spacial score (nSPS) is 18.3. The summed E-state index contributed by atoms with van der Waals surface area (Å²) in [5, 5.41) is 23.4. The molecule has 0 fully saturated rings. The first kappa shape index (κ1) is 31.2. The molecule has 3 atom stereocenters. The van der Waals surface area contributed by atoms with E-state index in [0.717, 1.165) is 0 Å². The van der Waals surface area contributed by atoms with Crippen LogP contribution in [0.15, 0.2) is 60.7 Å². The summed E-state index contributed by atoms with van der Waals surface area (Å²) in [6.07, 6.45) is 1.95. The van der Waals surface area contributed by atoms with Crippen LogP contribution in [0.5, 0.6) is 11.5 Å². The molecule has 2 aromatic rings. The number of ether oxygens (including phenoxy) is 2. The molecule has 0 radical (unpaired) electrons. The summed E-state index contributed by atoms with van der Waals surface area (Å²) in [7, 11) is 1.42. The third-order valence-electron chi connectivity index (χ3n) is 6.41. The molecule has 40 heavy (non-hydrogen) atoms. The van der Waals surface area contributed by atoms with Gasteiger partial charge in [-0.3, -0.25) is 14.4 Å². The third-order valence-corrected chi connectivity index (χ3v) is 7.21. The molecule has 0 saturated carbocycles. The van der Waals surface area contributed by atoms with Crippen LogP contribution in [0, 0.1) is 9.39 Å². The van der Waals surface area contributed by atoms with Gasteiger partial charge in [0.2, 0.25) is 11.8 Å². The summed E-state index contributed by atoms with van der Waals surface area (Å²) < 4.78 is 25.7. The lowest BCUT2D eigenvalue weighted by atomic mass is 9.87. The highest BCUT2D eigenvalue weighted by Crippen LogP contribution is 2.37. The maximum atomic E-state index is 13.6. The molecule has 0 heterocycles. The van der Waals surface area contributed by atoms with Gasteiger partial charge in [0, 0.05) is 37.1 Å². The second kappa shape index (κ2) is 14.9. The van der Waals surface area contributed by atoms with E-state index in [1.807, 2.05) is 22.6 Å². The molecule has 3 unspecified atom stereocenters. The number of carbonyl (C=O) groups is 3. The quantitative estimate of drug-likeness (QED) is 0.171. The molecule has 0 spiro atoms. The average Bonchev–Trinajstić information content (AvgIpc) is 2.96. The van der Waals surface area contributed by atoms with Gasteiger partial charge >= 0.3 is 0 Å². The van der Waals surface area contributed by atoms with E-state index < -0.39 is 30.0 Å². The summed E-state index contributed by atoms with van der Waals surface area (Å²) >= 11 is 1.98. The molecule has 0 saturated heterocycles. The van der Waals surface area contributed by atoms with E-state index in [1.54, 1.807) is 24.3 Å². The van der Waals surface area contributed by atoms with Crippen molar-refractivity contribution in [3.8, 4) is 11.5 Å². The van der Waals surface area contributed by atoms with Gasteiger partial charge in [0.25, 0.3) is 0 Å². The summed E-state index contributed by atoms with van der Waals surface area (Å²) in [6.45, 7) is 3.49. The van der Waals surface area contributed by atoms with Crippen molar-refractivity contribution < 1.29 is 38.5 Å². The van der Waals surface area contributed by atoms with E-state index in [4.69, 9.17) is 9.47 Å². The van der Waals surface area contributed by atoms with Gasteiger partial charge in [0.15, 0.2) is 11.5 Å². The van der Waals surface area contributed by atoms with Crippen LogP contribution in [0.2, 0.25) is 0 Å². The van der Waals surface area contributed by atoms with Crippen LogP contribution in [0.1, 0.15) is 35.2 Å². The molecule has 0 aliphatic heterocycles.